The fraction of sp³-hybridized carbons (Fsp3) is 0.556. The number of nitrogens with two attached hydrogens (primary N) is 1. The Bertz CT molecular complexity index is 627. The second-order valence-electron chi connectivity index (χ2n) is 6.72. The van der Waals surface area contributed by atoms with E-state index < -0.39 is 0 Å². The molecule has 1 aliphatic heterocycles. The Morgan fingerprint density at radius 2 is 1.88 bits per heavy atom. The van der Waals surface area contributed by atoms with E-state index in [1.54, 1.807) is 32.4 Å². The predicted molar refractivity (Wildman–Crippen MR) is 92.7 cm³/mol. The highest BCUT2D eigenvalue weighted by Gasteiger charge is 2.40. The first-order chi connectivity index (χ1) is 12.1. The Morgan fingerprint density at radius 3 is 2.56 bits per heavy atom. The van der Waals surface area contributed by atoms with Gasteiger partial charge in [0.05, 0.1) is 26.7 Å². The van der Waals surface area contributed by atoms with E-state index in [1.807, 2.05) is 0 Å². The number of fused-ring (bicyclic) bond motifs is 1. The molecule has 2 aliphatic rings. The molecule has 3 atom stereocenters. The van der Waals surface area contributed by atoms with Gasteiger partial charge in [0.1, 0.15) is 17.5 Å². The number of carbonyl (C=O) groups is 2. The first kappa shape index (κ1) is 17.5. The summed E-state index contributed by atoms with van der Waals surface area (Å²) < 4.78 is 10.4. The molecule has 25 heavy (non-hydrogen) atoms. The molecule has 4 N–H and O–H groups in total. The van der Waals surface area contributed by atoms with Crippen LogP contribution < -0.4 is 25.4 Å². The van der Waals surface area contributed by atoms with E-state index >= 15 is 0 Å². The van der Waals surface area contributed by atoms with Crippen molar-refractivity contribution in [3.05, 3.63) is 18.2 Å². The molecule has 7 nitrogen and oxygen atoms in total. The van der Waals surface area contributed by atoms with Gasteiger partial charge in [-0.3, -0.25) is 9.59 Å². The van der Waals surface area contributed by atoms with Crippen molar-refractivity contribution in [1.82, 2.24) is 5.32 Å². The van der Waals surface area contributed by atoms with Crippen LogP contribution in [0.3, 0.4) is 0 Å². The van der Waals surface area contributed by atoms with Crippen molar-refractivity contribution in [2.75, 3.05) is 19.5 Å². The lowest BCUT2D eigenvalue weighted by atomic mass is 9.87. The smallest absolute Gasteiger partial charge is 0.279 e. The van der Waals surface area contributed by atoms with Gasteiger partial charge in [0.2, 0.25) is 5.91 Å². The minimum absolute atomic E-state index is 0.0403. The Balaban J connectivity index is 1.61. The normalized spacial score (nSPS) is 25.5. The standard InChI is InChI=1S/C18H25N3O4/c1-24-12-7-11(8-13(9-12)25-2)19-17(22)10-16-18(23)21-15-6-4-3-5-14(15)20-16/h7-9,14-16,20H,3-6,10H2,1-2H3,(H,19,22)(H,21,23)/p+1/t14-,15-,16-/m0/s1. The van der Waals surface area contributed by atoms with Crippen LogP contribution in [0, 0.1) is 0 Å². The van der Waals surface area contributed by atoms with Gasteiger partial charge in [-0.05, 0) is 12.8 Å². The van der Waals surface area contributed by atoms with Gasteiger partial charge in [-0.25, -0.2) is 0 Å². The van der Waals surface area contributed by atoms with Crippen LogP contribution >= 0.6 is 0 Å². The van der Waals surface area contributed by atoms with Crippen LogP contribution in [-0.2, 0) is 9.59 Å². The van der Waals surface area contributed by atoms with E-state index in [1.165, 1.54) is 6.42 Å². The van der Waals surface area contributed by atoms with Crippen molar-refractivity contribution in [3.8, 4) is 11.5 Å². The van der Waals surface area contributed by atoms with Crippen LogP contribution in [0.15, 0.2) is 18.2 Å². The molecule has 2 fully saturated rings. The quantitative estimate of drug-likeness (QED) is 0.718. The number of hydrogen-bond donors (Lipinski definition) is 3. The summed E-state index contributed by atoms with van der Waals surface area (Å²) in [6.45, 7) is 0. The number of nitrogens with one attached hydrogen (secondary N) is 2. The zero-order valence-corrected chi connectivity index (χ0v) is 14.7. The number of anilines is 1. The molecule has 1 heterocycles. The molecule has 0 unspecified atom stereocenters. The molecule has 1 aromatic rings. The van der Waals surface area contributed by atoms with Crippen LogP contribution in [0.2, 0.25) is 0 Å². The van der Waals surface area contributed by atoms with E-state index in [4.69, 9.17) is 9.47 Å². The Morgan fingerprint density at radius 1 is 1.20 bits per heavy atom. The third-order valence-electron chi connectivity index (χ3n) is 5.00. The maximum Gasteiger partial charge on any atom is 0.279 e. The summed E-state index contributed by atoms with van der Waals surface area (Å²) in [7, 11) is 3.12. The zero-order chi connectivity index (χ0) is 17.8. The second kappa shape index (κ2) is 7.74. The van der Waals surface area contributed by atoms with E-state index in [0.29, 0.717) is 23.2 Å². The number of methoxy groups -OCH3 is 2. The summed E-state index contributed by atoms with van der Waals surface area (Å²) in [4.78, 5) is 24.7. The topological polar surface area (TPSA) is 93.3 Å². The average Bonchev–Trinajstić information content (AvgIpc) is 2.61. The number of hydrogen-bond acceptors (Lipinski definition) is 4. The van der Waals surface area contributed by atoms with Crippen LogP contribution in [-0.4, -0.2) is 44.2 Å². The average molecular weight is 348 g/mol. The number of rotatable bonds is 5. The molecular formula is C18H26N3O4+. The van der Waals surface area contributed by atoms with Crippen molar-refractivity contribution in [2.45, 2.75) is 50.2 Å². The maximum atomic E-state index is 12.4. The SMILES string of the molecule is COc1cc(NC(=O)C[C@@H]2[NH2+][C@H]3CCCC[C@@H]3NC2=O)cc(OC)c1. The lowest BCUT2D eigenvalue weighted by Gasteiger charge is -2.37. The summed E-state index contributed by atoms with van der Waals surface area (Å²) >= 11 is 0. The summed E-state index contributed by atoms with van der Waals surface area (Å²) in [5.41, 5.74) is 0.591. The number of ether oxygens (including phenoxy) is 2. The number of quaternary nitrogens is 1. The molecule has 0 radical (unpaired) electrons. The second-order valence-corrected chi connectivity index (χ2v) is 6.72. The predicted octanol–water partition coefficient (Wildman–Crippen LogP) is 0.405. The lowest BCUT2D eigenvalue weighted by Crippen LogP contribution is -3.03. The van der Waals surface area contributed by atoms with E-state index in [9.17, 15) is 9.59 Å². The third kappa shape index (κ3) is 4.22. The summed E-state index contributed by atoms with van der Waals surface area (Å²) in [5.74, 6) is 0.964. The summed E-state index contributed by atoms with van der Waals surface area (Å²) in [5, 5.41) is 7.99. The highest BCUT2D eigenvalue weighted by Crippen LogP contribution is 2.26. The molecule has 136 valence electrons. The van der Waals surface area contributed by atoms with Crippen LogP contribution in [0.5, 0.6) is 11.5 Å². The van der Waals surface area contributed by atoms with Gasteiger partial charge in [-0.1, -0.05) is 6.42 Å². The monoisotopic (exact) mass is 348 g/mol. The first-order valence-electron chi connectivity index (χ1n) is 8.77. The minimum atomic E-state index is -0.369. The minimum Gasteiger partial charge on any atom is -0.497 e. The Kier molecular flexibility index (Phi) is 5.43. The number of benzene rings is 1. The highest BCUT2D eigenvalue weighted by atomic mass is 16.5. The van der Waals surface area contributed by atoms with Gasteiger partial charge in [-0.15, -0.1) is 0 Å². The molecular weight excluding hydrogens is 322 g/mol. The number of piperazine rings is 1. The summed E-state index contributed by atoms with van der Waals surface area (Å²) in [6, 6.07) is 5.46. The zero-order valence-electron chi connectivity index (χ0n) is 14.7. The molecule has 3 rings (SSSR count). The van der Waals surface area contributed by atoms with Crippen molar-refractivity contribution < 1.29 is 24.4 Å². The molecule has 2 amide bonds. The van der Waals surface area contributed by atoms with Gasteiger partial charge < -0.3 is 25.4 Å². The largest absolute Gasteiger partial charge is 0.497 e. The maximum absolute atomic E-state index is 12.4. The lowest BCUT2D eigenvalue weighted by molar-refractivity contribution is -0.718. The van der Waals surface area contributed by atoms with Crippen LogP contribution in [0.25, 0.3) is 0 Å². The van der Waals surface area contributed by atoms with Gasteiger partial charge in [0.15, 0.2) is 6.04 Å². The fourth-order valence-electron chi connectivity index (χ4n) is 3.70. The third-order valence-corrected chi connectivity index (χ3v) is 5.00. The molecule has 1 aromatic carbocycles. The van der Waals surface area contributed by atoms with Crippen LogP contribution in [0.4, 0.5) is 5.69 Å². The van der Waals surface area contributed by atoms with Gasteiger partial charge in [0, 0.05) is 30.3 Å². The molecule has 1 saturated carbocycles. The van der Waals surface area contributed by atoms with Crippen molar-refractivity contribution in [2.24, 2.45) is 0 Å². The molecule has 0 aromatic heterocycles. The van der Waals surface area contributed by atoms with Crippen molar-refractivity contribution >= 4 is 17.5 Å². The highest BCUT2D eigenvalue weighted by molar-refractivity contribution is 5.95. The summed E-state index contributed by atoms with van der Waals surface area (Å²) in [6.07, 6.45) is 4.63. The molecule has 0 bridgehead atoms. The Hall–Kier alpha value is -2.28. The van der Waals surface area contributed by atoms with Crippen LogP contribution in [0.1, 0.15) is 32.1 Å². The van der Waals surface area contributed by atoms with E-state index in [0.717, 1.165) is 19.3 Å². The molecule has 0 spiro atoms. The number of amides is 2. The fourth-order valence-corrected chi connectivity index (χ4v) is 3.70. The molecule has 1 saturated heterocycles. The van der Waals surface area contributed by atoms with Gasteiger partial charge in [-0.2, -0.15) is 0 Å². The van der Waals surface area contributed by atoms with Crippen molar-refractivity contribution in [3.63, 3.8) is 0 Å². The first-order valence-corrected chi connectivity index (χ1v) is 8.77. The Labute approximate surface area is 147 Å². The molecule has 7 heteroatoms. The van der Waals surface area contributed by atoms with E-state index in [-0.39, 0.29) is 30.3 Å². The van der Waals surface area contributed by atoms with Crippen molar-refractivity contribution in [1.29, 1.82) is 0 Å². The number of carbonyl (C=O) groups excluding carboxylic acids is 2. The van der Waals surface area contributed by atoms with Gasteiger partial charge in [0.25, 0.3) is 5.91 Å². The van der Waals surface area contributed by atoms with E-state index in [2.05, 4.69) is 16.0 Å². The van der Waals surface area contributed by atoms with Gasteiger partial charge >= 0.3 is 0 Å². The molecule has 1 aliphatic carbocycles.